The van der Waals surface area contributed by atoms with Crippen molar-refractivity contribution in [3.63, 3.8) is 0 Å². The van der Waals surface area contributed by atoms with E-state index in [4.69, 9.17) is 0 Å². The molecule has 0 saturated carbocycles. The number of hydrogen-bond acceptors (Lipinski definition) is 1. The van der Waals surface area contributed by atoms with E-state index >= 15 is 0 Å². The van der Waals surface area contributed by atoms with Gasteiger partial charge in [-0.15, -0.1) is 0 Å². The van der Waals surface area contributed by atoms with Crippen LogP contribution in [0.4, 0.5) is 0 Å². The van der Waals surface area contributed by atoms with Gasteiger partial charge in [-0.05, 0) is 56.2 Å². The van der Waals surface area contributed by atoms with E-state index in [1.54, 1.807) is 0 Å². The molecule has 2 rings (SSSR count). The minimum absolute atomic E-state index is 0.702. The lowest BCUT2D eigenvalue weighted by atomic mass is 9.88. The minimum atomic E-state index is 0.702. The van der Waals surface area contributed by atoms with E-state index in [0.717, 1.165) is 12.5 Å². The number of nitrogens with one attached hydrogen (secondary N) is 1. The molecular formula is C14H21N. The Labute approximate surface area is 92.9 Å². The summed E-state index contributed by atoms with van der Waals surface area (Å²) in [5.41, 5.74) is 4.33. The molecule has 1 nitrogen and oxygen atoms in total. The highest BCUT2D eigenvalue weighted by Crippen LogP contribution is 2.26. The van der Waals surface area contributed by atoms with Crippen molar-refractivity contribution in [2.24, 2.45) is 0 Å². The van der Waals surface area contributed by atoms with Gasteiger partial charge in [-0.25, -0.2) is 0 Å². The summed E-state index contributed by atoms with van der Waals surface area (Å²) in [6, 6.07) is 7.61. The molecule has 1 heterocycles. The van der Waals surface area contributed by atoms with Gasteiger partial charge in [0.15, 0.2) is 0 Å². The molecule has 0 amide bonds. The van der Waals surface area contributed by atoms with Crippen molar-refractivity contribution in [2.75, 3.05) is 6.54 Å². The summed E-state index contributed by atoms with van der Waals surface area (Å²) >= 11 is 0. The van der Waals surface area contributed by atoms with Gasteiger partial charge in [0, 0.05) is 12.6 Å². The molecule has 1 aliphatic heterocycles. The standard InChI is InChI=1S/C14H21N/c1-10-4-6-13(8-11(10)2)14-7-5-12(3)15-9-14/h4,6,8,12,14-15H,5,7,9H2,1-3H3. The Hall–Kier alpha value is -0.820. The summed E-state index contributed by atoms with van der Waals surface area (Å²) in [4.78, 5) is 0. The molecule has 2 atom stereocenters. The average molecular weight is 203 g/mol. The molecule has 1 aromatic carbocycles. The van der Waals surface area contributed by atoms with Crippen LogP contribution in [0.5, 0.6) is 0 Å². The topological polar surface area (TPSA) is 12.0 Å². The summed E-state index contributed by atoms with van der Waals surface area (Å²) in [6.45, 7) is 7.80. The second-order valence-corrected chi connectivity index (χ2v) is 4.93. The van der Waals surface area contributed by atoms with Crippen LogP contribution in [0.1, 0.15) is 42.4 Å². The zero-order valence-electron chi connectivity index (χ0n) is 10.0. The van der Waals surface area contributed by atoms with E-state index in [0.29, 0.717) is 6.04 Å². The van der Waals surface area contributed by atoms with Crippen molar-refractivity contribution in [2.45, 2.75) is 45.6 Å². The molecule has 1 N–H and O–H groups in total. The Bertz CT molecular complexity index is 335. The zero-order chi connectivity index (χ0) is 10.8. The highest BCUT2D eigenvalue weighted by atomic mass is 14.9. The normalized spacial score (nSPS) is 26.6. The van der Waals surface area contributed by atoms with E-state index in [1.807, 2.05) is 0 Å². The molecule has 15 heavy (non-hydrogen) atoms. The van der Waals surface area contributed by atoms with Crippen molar-refractivity contribution in [3.8, 4) is 0 Å². The average Bonchev–Trinajstić information content (AvgIpc) is 2.23. The van der Waals surface area contributed by atoms with Gasteiger partial charge in [-0.3, -0.25) is 0 Å². The van der Waals surface area contributed by atoms with E-state index in [2.05, 4.69) is 44.3 Å². The van der Waals surface area contributed by atoms with Crippen molar-refractivity contribution in [1.82, 2.24) is 5.32 Å². The van der Waals surface area contributed by atoms with Gasteiger partial charge in [-0.1, -0.05) is 18.2 Å². The van der Waals surface area contributed by atoms with E-state index in [9.17, 15) is 0 Å². The summed E-state index contributed by atoms with van der Waals surface area (Å²) in [7, 11) is 0. The van der Waals surface area contributed by atoms with Crippen molar-refractivity contribution >= 4 is 0 Å². The molecule has 82 valence electrons. The molecule has 0 spiro atoms. The van der Waals surface area contributed by atoms with Crippen LogP contribution in [0.25, 0.3) is 0 Å². The van der Waals surface area contributed by atoms with Crippen LogP contribution in [0.3, 0.4) is 0 Å². The lowest BCUT2D eigenvalue weighted by Gasteiger charge is -2.28. The smallest absolute Gasteiger partial charge is 0.00391 e. The Morgan fingerprint density at radius 1 is 1.13 bits per heavy atom. The molecule has 1 heteroatoms. The number of rotatable bonds is 1. The summed E-state index contributed by atoms with van der Waals surface area (Å²) in [5, 5.41) is 3.56. The molecule has 0 radical (unpaired) electrons. The van der Waals surface area contributed by atoms with Gasteiger partial charge in [-0.2, -0.15) is 0 Å². The zero-order valence-corrected chi connectivity index (χ0v) is 10.0. The molecule has 1 fully saturated rings. The highest BCUT2D eigenvalue weighted by molar-refractivity contribution is 5.32. The predicted octanol–water partition coefficient (Wildman–Crippen LogP) is 3.16. The molecule has 1 aromatic rings. The molecule has 1 saturated heterocycles. The molecule has 0 bridgehead atoms. The van der Waals surface area contributed by atoms with Gasteiger partial charge in [0.25, 0.3) is 0 Å². The third-order valence-corrected chi connectivity index (χ3v) is 3.66. The van der Waals surface area contributed by atoms with Gasteiger partial charge < -0.3 is 5.32 Å². The molecule has 0 aliphatic carbocycles. The summed E-state index contributed by atoms with van der Waals surface area (Å²) in [5.74, 6) is 0.723. The third kappa shape index (κ3) is 2.40. The summed E-state index contributed by atoms with van der Waals surface area (Å²) in [6.07, 6.45) is 2.63. The van der Waals surface area contributed by atoms with Crippen LogP contribution in [0.2, 0.25) is 0 Å². The lowest BCUT2D eigenvalue weighted by Crippen LogP contribution is -2.35. The second-order valence-electron chi connectivity index (χ2n) is 4.93. The van der Waals surface area contributed by atoms with Crippen LogP contribution >= 0.6 is 0 Å². The largest absolute Gasteiger partial charge is 0.314 e. The minimum Gasteiger partial charge on any atom is -0.314 e. The third-order valence-electron chi connectivity index (χ3n) is 3.66. The van der Waals surface area contributed by atoms with E-state index in [-0.39, 0.29) is 0 Å². The number of hydrogen-bond donors (Lipinski definition) is 1. The number of aryl methyl sites for hydroxylation is 2. The maximum Gasteiger partial charge on any atom is 0.00391 e. The Morgan fingerprint density at radius 3 is 2.53 bits per heavy atom. The molecular weight excluding hydrogens is 182 g/mol. The fourth-order valence-electron chi connectivity index (χ4n) is 2.30. The van der Waals surface area contributed by atoms with Crippen molar-refractivity contribution in [3.05, 3.63) is 34.9 Å². The summed E-state index contributed by atoms with van der Waals surface area (Å²) < 4.78 is 0. The SMILES string of the molecule is Cc1ccc(C2CCC(C)NC2)cc1C. The molecule has 1 aliphatic rings. The van der Waals surface area contributed by atoms with E-state index in [1.165, 1.54) is 29.5 Å². The monoisotopic (exact) mass is 203 g/mol. The molecule has 0 aromatic heterocycles. The van der Waals surface area contributed by atoms with Crippen LogP contribution < -0.4 is 5.32 Å². The number of benzene rings is 1. The fraction of sp³-hybridized carbons (Fsp3) is 0.571. The van der Waals surface area contributed by atoms with Crippen molar-refractivity contribution in [1.29, 1.82) is 0 Å². The first-order valence-corrected chi connectivity index (χ1v) is 5.97. The fourth-order valence-corrected chi connectivity index (χ4v) is 2.30. The number of piperidine rings is 1. The maximum absolute atomic E-state index is 3.56. The predicted molar refractivity (Wildman–Crippen MR) is 65.4 cm³/mol. The lowest BCUT2D eigenvalue weighted by molar-refractivity contribution is 0.385. The first kappa shape index (κ1) is 10.7. The van der Waals surface area contributed by atoms with Gasteiger partial charge in [0.05, 0.1) is 0 Å². The van der Waals surface area contributed by atoms with Gasteiger partial charge in [0.1, 0.15) is 0 Å². The van der Waals surface area contributed by atoms with Gasteiger partial charge >= 0.3 is 0 Å². The van der Waals surface area contributed by atoms with Crippen LogP contribution in [0.15, 0.2) is 18.2 Å². The van der Waals surface area contributed by atoms with Crippen LogP contribution in [-0.2, 0) is 0 Å². The highest BCUT2D eigenvalue weighted by Gasteiger charge is 2.18. The second kappa shape index (κ2) is 4.36. The Kier molecular flexibility index (Phi) is 3.11. The van der Waals surface area contributed by atoms with Crippen molar-refractivity contribution < 1.29 is 0 Å². The Balaban J connectivity index is 2.12. The van der Waals surface area contributed by atoms with Gasteiger partial charge in [0.2, 0.25) is 0 Å². The van der Waals surface area contributed by atoms with Crippen LogP contribution in [-0.4, -0.2) is 12.6 Å². The molecule has 2 unspecified atom stereocenters. The van der Waals surface area contributed by atoms with Crippen LogP contribution in [0, 0.1) is 13.8 Å². The Morgan fingerprint density at radius 2 is 1.93 bits per heavy atom. The quantitative estimate of drug-likeness (QED) is 0.739. The van der Waals surface area contributed by atoms with E-state index < -0.39 is 0 Å². The first-order valence-electron chi connectivity index (χ1n) is 5.97. The first-order chi connectivity index (χ1) is 7.16. The maximum atomic E-state index is 3.56.